The first-order valence-electron chi connectivity index (χ1n) is 8.66. The molecule has 1 aliphatic heterocycles. The lowest BCUT2D eigenvalue weighted by atomic mass is 10.0. The Morgan fingerprint density at radius 3 is 2.66 bits per heavy atom. The quantitative estimate of drug-likeness (QED) is 0.182. The van der Waals surface area contributed by atoms with Crippen molar-refractivity contribution < 1.29 is 19.1 Å². The minimum Gasteiger partial charge on any atom is -0.481 e. The Bertz CT molecular complexity index is 1370. The SMILES string of the molecule is [N-]=[N+]=Nc1ccc2nc3c4ccccc4/c(=N\C(=O)CCC(=O)O)cc-3oc2c1. The van der Waals surface area contributed by atoms with Crippen molar-refractivity contribution in [2.24, 2.45) is 10.1 Å². The van der Waals surface area contributed by atoms with E-state index in [4.69, 9.17) is 15.1 Å². The van der Waals surface area contributed by atoms with E-state index in [0.29, 0.717) is 39.0 Å². The van der Waals surface area contributed by atoms with Gasteiger partial charge in [-0.3, -0.25) is 9.59 Å². The van der Waals surface area contributed by atoms with Gasteiger partial charge in [-0.2, -0.15) is 0 Å². The number of fused-ring (bicyclic) bond motifs is 4. The van der Waals surface area contributed by atoms with Gasteiger partial charge in [-0.15, -0.1) is 0 Å². The monoisotopic (exact) mass is 387 g/mol. The van der Waals surface area contributed by atoms with Gasteiger partial charge in [0.1, 0.15) is 11.2 Å². The van der Waals surface area contributed by atoms with Crippen molar-refractivity contribution in [3.8, 4) is 11.5 Å². The molecular formula is C20H13N5O4. The zero-order valence-corrected chi connectivity index (χ0v) is 14.9. The molecule has 1 N–H and O–H groups in total. The van der Waals surface area contributed by atoms with Crippen LogP contribution in [-0.4, -0.2) is 22.0 Å². The molecule has 2 aromatic carbocycles. The second-order valence-electron chi connectivity index (χ2n) is 6.24. The number of carbonyl (C=O) groups excluding carboxylic acids is 1. The Labute approximate surface area is 162 Å². The Morgan fingerprint density at radius 2 is 1.90 bits per heavy atom. The van der Waals surface area contributed by atoms with Gasteiger partial charge < -0.3 is 9.52 Å². The molecule has 9 nitrogen and oxygen atoms in total. The molecule has 0 fully saturated rings. The third-order valence-corrected chi connectivity index (χ3v) is 4.31. The summed E-state index contributed by atoms with van der Waals surface area (Å²) in [6.07, 6.45) is -0.475. The minimum atomic E-state index is -1.06. The highest BCUT2D eigenvalue weighted by Gasteiger charge is 2.15. The summed E-state index contributed by atoms with van der Waals surface area (Å²) in [7, 11) is 0. The number of hydrogen-bond donors (Lipinski definition) is 1. The van der Waals surface area contributed by atoms with Crippen molar-refractivity contribution in [1.82, 2.24) is 4.98 Å². The Morgan fingerprint density at radius 1 is 1.10 bits per heavy atom. The number of azide groups is 1. The van der Waals surface area contributed by atoms with Gasteiger partial charge in [-0.25, -0.2) is 9.98 Å². The van der Waals surface area contributed by atoms with E-state index in [1.165, 1.54) is 0 Å². The fraction of sp³-hybridized carbons (Fsp3) is 0.100. The molecule has 2 aliphatic rings. The number of rotatable bonds is 4. The van der Waals surface area contributed by atoms with Crippen LogP contribution in [0.25, 0.3) is 43.8 Å². The van der Waals surface area contributed by atoms with Gasteiger partial charge in [0.05, 0.1) is 11.8 Å². The lowest BCUT2D eigenvalue weighted by molar-refractivity contribution is -0.138. The van der Waals surface area contributed by atoms with Crippen molar-refractivity contribution in [1.29, 1.82) is 0 Å². The van der Waals surface area contributed by atoms with E-state index in [1.54, 1.807) is 24.3 Å². The molecule has 4 rings (SSSR count). The summed E-state index contributed by atoms with van der Waals surface area (Å²) >= 11 is 0. The maximum atomic E-state index is 12.1. The number of nitrogens with zero attached hydrogens (tertiary/aromatic N) is 5. The van der Waals surface area contributed by atoms with Gasteiger partial charge in [0.25, 0.3) is 0 Å². The van der Waals surface area contributed by atoms with Gasteiger partial charge in [0.15, 0.2) is 11.3 Å². The molecule has 0 radical (unpaired) electrons. The third-order valence-electron chi connectivity index (χ3n) is 4.31. The van der Waals surface area contributed by atoms with Crippen LogP contribution in [0.4, 0.5) is 5.69 Å². The van der Waals surface area contributed by atoms with Crippen LogP contribution < -0.4 is 5.36 Å². The second-order valence-corrected chi connectivity index (χ2v) is 6.24. The molecule has 1 aliphatic carbocycles. The van der Waals surface area contributed by atoms with Crippen molar-refractivity contribution >= 4 is 39.4 Å². The minimum absolute atomic E-state index is 0.190. The van der Waals surface area contributed by atoms with E-state index < -0.39 is 11.9 Å². The summed E-state index contributed by atoms with van der Waals surface area (Å²) < 4.78 is 5.95. The first kappa shape index (κ1) is 18.1. The lowest BCUT2D eigenvalue weighted by Gasteiger charge is -2.10. The van der Waals surface area contributed by atoms with Gasteiger partial charge in [0.2, 0.25) is 5.91 Å². The molecule has 142 valence electrons. The summed E-state index contributed by atoms with van der Waals surface area (Å²) in [5.74, 6) is -1.19. The van der Waals surface area contributed by atoms with E-state index in [-0.39, 0.29) is 12.8 Å². The molecule has 0 spiro atoms. The van der Waals surface area contributed by atoms with Crippen LogP contribution in [0, 0.1) is 0 Å². The van der Waals surface area contributed by atoms with Crippen LogP contribution in [0.1, 0.15) is 12.8 Å². The predicted molar refractivity (Wildman–Crippen MR) is 104 cm³/mol. The highest BCUT2D eigenvalue weighted by atomic mass is 16.4. The maximum Gasteiger partial charge on any atom is 0.303 e. The van der Waals surface area contributed by atoms with Crippen molar-refractivity contribution in [2.45, 2.75) is 12.8 Å². The van der Waals surface area contributed by atoms with Crippen LogP contribution in [0.3, 0.4) is 0 Å². The van der Waals surface area contributed by atoms with Crippen molar-refractivity contribution in [2.75, 3.05) is 0 Å². The van der Waals surface area contributed by atoms with E-state index in [9.17, 15) is 9.59 Å². The Kier molecular flexibility index (Phi) is 4.64. The Hall–Kier alpha value is -4.23. The van der Waals surface area contributed by atoms with Gasteiger partial charge >= 0.3 is 5.97 Å². The molecular weight excluding hydrogens is 374 g/mol. The summed E-state index contributed by atoms with van der Waals surface area (Å²) in [5.41, 5.74) is 10.6. The van der Waals surface area contributed by atoms with Gasteiger partial charge in [-0.1, -0.05) is 35.4 Å². The standard InChI is InChI=1S/C20H13N5O4/c21-25-24-11-5-6-14-16(9-11)29-17-10-15(22-18(26)7-8-19(27)28)12-3-1-2-4-13(12)20(17)23-14/h1-6,9-10H,7-8H2,(H,27,28)/b22-15-. The summed E-state index contributed by atoms with van der Waals surface area (Å²) in [5, 5.41) is 14.1. The number of aliphatic carboxylic acids is 1. The van der Waals surface area contributed by atoms with Crippen LogP contribution in [-0.2, 0) is 9.59 Å². The molecule has 0 saturated heterocycles. The number of carboxylic acids is 1. The van der Waals surface area contributed by atoms with Crippen molar-refractivity contribution in [3.05, 3.63) is 64.3 Å². The Balaban J connectivity index is 1.97. The topological polar surface area (TPSA) is 142 Å². The van der Waals surface area contributed by atoms with E-state index in [0.717, 1.165) is 5.39 Å². The highest BCUT2D eigenvalue weighted by Crippen LogP contribution is 2.31. The predicted octanol–water partition coefficient (Wildman–Crippen LogP) is 4.32. The normalized spacial score (nSPS) is 11.7. The van der Waals surface area contributed by atoms with E-state index >= 15 is 0 Å². The van der Waals surface area contributed by atoms with Gasteiger partial charge in [0, 0.05) is 33.9 Å². The maximum absolute atomic E-state index is 12.1. The van der Waals surface area contributed by atoms with Crippen LogP contribution in [0.2, 0.25) is 0 Å². The molecule has 0 saturated carbocycles. The molecule has 1 heterocycles. The zero-order valence-electron chi connectivity index (χ0n) is 14.9. The van der Waals surface area contributed by atoms with Crippen LogP contribution in [0.15, 0.2) is 63.1 Å². The summed E-state index contributed by atoms with van der Waals surface area (Å²) in [6, 6.07) is 13.8. The molecule has 0 unspecified atom stereocenters. The molecule has 1 amide bonds. The molecule has 0 atom stereocenters. The van der Waals surface area contributed by atoms with E-state index in [2.05, 4.69) is 20.0 Å². The van der Waals surface area contributed by atoms with Crippen LogP contribution >= 0.6 is 0 Å². The molecule has 9 heteroatoms. The zero-order chi connectivity index (χ0) is 20.4. The summed E-state index contributed by atoms with van der Waals surface area (Å²) in [6.45, 7) is 0. The average Bonchev–Trinajstić information content (AvgIpc) is 2.71. The summed E-state index contributed by atoms with van der Waals surface area (Å²) in [4.78, 5) is 34.3. The van der Waals surface area contributed by atoms with Crippen LogP contribution in [0.5, 0.6) is 0 Å². The molecule has 0 aromatic heterocycles. The largest absolute Gasteiger partial charge is 0.481 e. The number of carbonyl (C=O) groups is 2. The number of amides is 1. The molecule has 2 aromatic rings. The number of carboxylic acid groups (broad SMARTS) is 1. The van der Waals surface area contributed by atoms with Gasteiger partial charge in [-0.05, 0) is 17.7 Å². The highest BCUT2D eigenvalue weighted by molar-refractivity contribution is 5.97. The lowest BCUT2D eigenvalue weighted by Crippen LogP contribution is -2.11. The number of aromatic nitrogens is 1. The molecule has 29 heavy (non-hydrogen) atoms. The fourth-order valence-electron chi connectivity index (χ4n) is 3.04. The number of benzene rings is 3. The number of hydrogen-bond acceptors (Lipinski definition) is 5. The van der Waals surface area contributed by atoms with Crippen molar-refractivity contribution in [3.63, 3.8) is 0 Å². The first-order valence-corrected chi connectivity index (χ1v) is 8.66. The second kappa shape index (κ2) is 7.41. The average molecular weight is 387 g/mol. The third kappa shape index (κ3) is 3.62. The van der Waals surface area contributed by atoms with E-state index in [1.807, 2.05) is 24.3 Å². The molecule has 0 bridgehead atoms. The fourth-order valence-corrected chi connectivity index (χ4v) is 3.04. The first-order chi connectivity index (χ1) is 14.0. The smallest absolute Gasteiger partial charge is 0.303 e.